The van der Waals surface area contributed by atoms with Gasteiger partial charge >= 0.3 is 11.9 Å². The van der Waals surface area contributed by atoms with Crippen LogP contribution in [0.1, 0.15) is 6.42 Å². The molecule has 0 heterocycles. The molecule has 0 aliphatic carbocycles. The number of carboxylic acids is 2. The smallest absolute Gasteiger partial charge is 0.321 e. The molecule has 0 saturated heterocycles. The number of nitrogens with two attached hydrogens (primary N) is 2. The summed E-state index contributed by atoms with van der Waals surface area (Å²) in [6.45, 7) is 0.472. The van der Waals surface area contributed by atoms with Crippen LogP contribution < -0.4 is 11.5 Å². The van der Waals surface area contributed by atoms with Gasteiger partial charge in [0.25, 0.3) is 0 Å². The molecular formula is C6H14N2O5. The zero-order valence-corrected chi connectivity index (χ0v) is 7.01. The van der Waals surface area contributed by atoms with Crippen molar-refractivity contribution >= 4 is 11.9 Å². The van der Waals surface area contributed by atoms with Crippen molar-refractivity contribution in [3.05, 3.63) is 0 Å². The minimum Gasteiger partial charge on any atom is -0.481 e. The number of carbonyl (C=O) groups is 2. The maximum absolute atomic E-state index is 9.85. The van der Waals surface area contributed by atoms with E-state index < -0.39 is 24.4 Å². The third kappa shape index (κ3) is 13.8. The van der Waals surface area contributed by atoms with Gasteiger partial charge in [-0.2, -0.15) is 0 Å². The highest BCUT2D eigenvalue weighted by Gasteiger charge is 2.14. The summed E-state index contributed by atoms with van der Waals surface area (Å²) in [6.07, 6.45) is -0.532. The van der Waals surface area contributed by atoms with Gasteiger partial charge in [-0.1, -0.05) is 0 Å². The molecule has 13 heavy (non-hydrogen) atoms. The molecule has 7 heteroatoms. The van der Waals surface area contributed by atoms with E-state index in [1.807, 2.05) is 0 Å². The Bertz CT molecular complexity index is 159. The van der Waals surface area contributed by atoms with Gasteiger partial charge in [0, 0.05) is 6.54 Å². The molecule has 0 amide bonds. The molecule has 1 atom stereocenters. The molecule has 0 aromatic heterocycles. The van der Waals surface area contributed by atoms with Gasteiger partial charge in [0.05, 0.1) is 13.0 Å². The number of aliphatic hydroxyl groups is 1. The van der Waals surface area contributed by atoms with E-state index in [0.717, 1.165) is 0 Å². The van der Waals surface area contributed by atoms with Crippen molar-refractivity contribution in [2.24, 2.45) is 11.5 Å². The molecular weight excluding hydrogens is 180 g/mol. The number of hydrogen-bond acceptors (Lipinski definition) is 5. The van der Waals surface area contributed by atoms with Gasteiger partial charge in [0.1, 0.15) is 6.04 Å². The topological polar surface area (TPSA) is 147 Å². The second-order valence-corrected chi connectivity index (χ2v) is 2.05. The number of rotatable bonds is 4. The van der Waals surface area contributed by atoms with Crippen LogP contribution in [0.3, 0.4) is 0 Å². The Labute approximate surface area is 75.0 Å². The molecule has 0 unspecified atom stereocenters. The van der Waals surface area contributed by atoms with Crippen molar-refractivity contribution in [1.29, 1.82) is 0 Å². The summed E-state index contributed by atoms with van der Waals surface area (Å²) in [5.74, 6) is -2.50. The molecule has 0 radical (unpaired) electrons. The van der Waals surface area contributed by atoms with Crippen LogP contribution in [0.4, 0.5) is 0 Å². The van der Waals surface area contributed by atoms with Gasteiger partial charge in [-0.3, -0.25) is 9.59 Å². The maximum Gasteiger partial charge on any atom is 0.321 e. The molecule has 0 rings (SSSR count). The van der Waals surface area contributed by atoms with Crippen molar-refractivity contribution in [1.82, 2.24) is 0 Å². The van der Waals surface area contributed by atoms with Crippen LogP contribution in [-0.4, -0.2) is 46.5 Å². The Morgan fingerprint density at radius 2 is 1.69 bits per heavy atom. The lowest BCUT2D eigenvalue weighted by molar-refractivity contribution is -0.144. The van der Waals surface area contributed by atoms with Crippen LogP contribution in [-0.2, 0) is 9.59 Å². The highest BCUT2D eigenvalue weighted by molar-refractivity contribution is 5.80. The Morgan fingerprint density at radius 1 is 1.31 bits per heavy atom. The van der Waals surface area contributed by atoms with E-state index >= 15 is 0 Å². The lowest BCUT2D eigenvalue weighted by atomic mass is 10.2. The number of aliphatic hydroxyl groups excluding tert-OH is 1. The summed E-state index contributed by atoms with van der Waals surface area (Å²) in [7, 11) is 0. The quantitative estimate of drug-likeness (QED) is 0.341. The monoisotopic (exact) mass is 194 g/mol. The van der Waals surface area contributed by atoms with Crippen LogP contribution in [0.25, 0.3) is 0 Å². The second-order valence-electron chi connectivity index (χ2n) is 2.05. The summed E-state index contributed by atoms with van der Waals surface area (Å²) in [5.41, 5.74) is 9.61. The van der Waals surface area contributed by atoms with Gasteiger partial charge in [-0.25, -0.2) is 0 Å². The molecule has 0 spiro atoms. The van der Waals surface area contributed by atoms with E-state index in [1.165, 1.54) is 0 Å². The van der Waals surface area contributed by atoms with Gasteiger partial charge < -0.3 is 26.8 Å². The summed E-state index contributed by atoms with van der Waals surface area (Å²) >= 11 is 0. The largest absolute Gasteiger partial charge is 0.481 e. The van der Waals surface area contributed by atoms with E-state index in [-0.39, 0.29) is 6.61 Å². The Hall–Kier alpha value is -1.18. The molecule has 0 aliphatic heterocycles. The first-order valence-corrected chi connectivity index (χ1v) is 3.46. The van der Waals surface area contributed by atoms with E-state index in [4.69, 9.17) is 26.8 Å². The van der Waals surface area contributed by atoms with Crippen molar-refractivity contribution in [2.45, 2.75) is 12.5 Å². The molecule has 0 bridgehead atoms. The van der Waals surface area contributed by atoms with Crippen LogP contribution in [0.15, 0.2) is 0 Å². The minimum absolute atomic E-state index is 0.0972. The summed E-state index contributed by atoms with van der Waals surface area (Å²) in [5, 5.41) is 23.8. The fourth-order valence-corrected chi connectivity index (χ4v) is 0.275. The summed E-state index contributed by atoms with van der Waals surface area (Å²) in [6, 6.07) is -1.29. The van der Waals surface area contributed by atoms with Crippen LogP contribution >= 0.6 is 0 Å². The standard InChI is InChI=1S/C4H7NO4.C2H7NO/c5-2(4(8)9)1-3(6)7;3-1-2-4/h2H,1,5H2,(H,6,7)(H,8,9);4H,1-3H2/t2-;/m0./s1. The fourth-order valence-electron chi connectivity index (χ4n) is 0.275. The van der Waals surface area contributed by atoms with Crippen molar-refractivity contribution in [3.8, 4) is 0 Å². The molecule has 0 saturated carbocycles. The van der Waals surface area contributed by atoms with E-state index in [0.29, 0.717) is 6.54 Å². The van der Waals surface area contributed by atoms with E-state index in [1.54, 1.807) is 0 Å². The number of aliphatic carboxylic acids is 2. The molecule has 0 aliphatic rings. The van der Waals surface area contributed by atoms with Crippen molar-refractivity contribution in [3.63, 3.8) is 0 Å². The Balaban J connectivity index is 0. The fraction of sp³-hybridized carbons (Fsp3) is 0.667. The maximum atomic E-state index is 9.85. The number of hydrogen-bond donors (Lipinski definition) is 5. The second kappa shape index (κ2) is 8.91. The lowest BCUT2D eigenvalue weighted by Gasteiger charge is -1.99. The van der Waals surface area contributed by atoms with Crippen LogP contribution in [0.2, 0.25) is 0 Å². The predicted octanol–water partition coefficient (Wildman–Crippen LogP) is -2.19. The van der Waals surface area contributed by atoms with Gasteiger partial charge in [0.2, 0.25) is 0 Å². The van der Waals surface area contributed by atoms with Gasteiger partial charge in [0.15, 0.2) is 0 Å². The molecule has 78 valence electrons. The number of carboxylic acid groups (broad SMARTS) is 2. The normalized spacial score (nSPS) is 11.0. The summed E-state index contributed by atoms with van der Waals surface area (Å²) < 4.78 is 0. The third-order valence-corrected chi connectivity index (χ3v) is 0.841. The highest BCUT2D eigenvalue weighted by atomic mass is 16.4. The SMILES string of the molecule is NCCO.N[C@@H](CC(=O)O)C(=O)O. The van der Waals surface area contributed by atoms with E-state index in [9.17, 15) is 9.59 Å². The predicted molar refractivity (Wildman–Crippen MR) is 44.0 cm³/mol. The first kappa shape index (κ1) is 14.3. The lowest BCUT2D eigenvalue weighted by Crippen LogP contribution is -2.32. The third-order valence-electron chi connectivity index (χ3n) is 0.841. The molecule has 0 fully saturated rings. The zero-order chi connectivity index (χ0) is 10.9. The van der Waals surface area contributed by atoms with Gasteiger partial charge in [-0.05, 0) is 0 Å². The van der Waals surface area contributed by atoms with Crippen LogP contribution in [0.5, 0.6) is 0 Å². The Morgan fingerprint density at radius 3 is 1.77 bits per heavy atom. The molecule has 0 aromatic rings. The minimum atomic E-state index is -1.29. The van der Waals surface area contributed by atoms with Crippen molar-refractivity contribution in [2.75, 3.05) is 13.2 Å². The van der Waals surface area contributed by atoms with Gasteiger partial charge in [-0.15, -0.1) is 0 Å². The zero-order valence-electron chi connectivity index (χ0n) is 7.01. The molecule has 7 N–H and O–H groups in total. The molecule has 7 nitrogen and oxygen atoms in total. The first-order valence-electron chi connectivity index (χ1n) is 3.46. The first-order chi connectivity index (χ1) is 5.95. The highest BCUT2D eigenvalue weighted by Crippen LogP contribution is 1.86. The van der Waals surface area contributed by atoms with E-state index in [2.05, 4.69) is 0 Å². The average molecular weight is 194 g/mol. The average Bonchev–Trinajstić information content (AvgIpc) is 2.03. The Kier molecular flexibility index (Phi) is 9.84. The molecule has 0 aromatic carbocycles. The summed E-state index contributed by atoms with van der Waals surface area (Å²) in [4.78, 5) is 19.6. The van der Waals surface area contributed by atoms with Crippen LogP contribution in [0, 0.1) is 0 Å². The van der Waals surface area contributed by atoms with Crippen molar-refractivity contribution < 1.29 is 24.9 Å².